The second-order valence-corrected chi connectivity index (χ2v) is 9.27. The third-order valence-electron chi connectivity index (χ3n) is 5.71. The molecule has 1 heterocycles. The number of hydrogen-bond acceptors (Lipinski definition) is 5. The SMILES string of the molecule is COc1cc(C2CC[C@@](C)(C(=O)O)N2C(=O)OC(C)(C)C)ccc1OCc1ccccc1F. The van der Waals surface area contributed by atoms with E-state index in [-0.39, 0.29) is 18.8 Å². The van der Waals surface area contributed by atoms with Crippen LogP contribution in [0, 0.1) is 5.82 Å². The monoisotopic (exact) mass is 459 g/mol. The number of benzene rings is 2. The van der Waals surface area contributed by atoms with Gasteiger partial charge in [0.1, 0.15) is 23.6 Å². The van der Waals surface area contributed by atoms with E-state index in [4.69, 9.17) is 14.2 Å². The summed E-state index contributed by atoms with van der Waals surface area (Å²) in [6.45, 7) is 6.76. The van der Waals surface area contributed by atoms with Crippen molar-refractivity contribution >= 4 is 12.1 Å². The summed E-state index contributed by atoms with van der Waals surface area (Å²) in [5.74, 6) is -0.642. The van der Waals surface area contributed by atoms with E-state index in [2.05, 4.69) is 0 Å². The number of carboxylic acid groups (broad SMARTS) is 1. The number of rotatable bonds is 6. The van der Waals surface area contributed by atoms with E-state index in [0.717, 1.165) is 0 Å². The van der Waals surface area contributed by atoms with Crippen molar-refractivity contribution < 1.29 is 33.3 Å². The fraction of sp³-hybridized carbons (Fsp3) is 0.440. The lowest BCUT2D eigenvalue weighted by atomic mass is 9.99. The highest BCUT2D eigenvalue weighted by atomic mass is 19.1. The molecule has 0 spiro atoms. The first kappa shape index (κ1) is 24.4. The molecule has 1 aliphatic rings. The second kappa shape index (κ2) is 9.29. The summed E-state index contributed by atoms with van der Waals surface area (Å²) in [6, 6.07) is 11.0. The van der Waals surface area contributed by atoms with Gasteiger partial charge < -0.3 is 19.3 Å². The summed E-state index contributed by atoms with van der Waals surface area (Å²) in [6.07, 6.45) is 0.0366. The minimum absolute atomic E-state index is 0.0208. The Morgan fingerprint density at radius 3 is 2.48 bits per heavy atom. The van der Waals surface area contributed by atoms with Crippen molar-refractivity contribution in [2.75, 3.05) is 7.11 Å². The van der Waals surface area contributed by atoms with Crippen LogP contribution in [0.3, 0.4) is 0 Å². The van der Waals surface area contributed by atoms with Crippen LogP contribution in [-0.4, -0.2) is 40.3 Å². The first-order valence-electron chi connectivity index (χ1n) is 10.8. The van der Waals surface area contributed by atoms with E-state index >= 15 is 0 Å². The predicted molar refractivity (Wildman–Crippen MR) is 120 cm³/mol. The van der Waals surface area contributed by atoms with Crippen LogP contribution in [0.4, 0.5) is 9.18 Å². The number of amides is 1. The van der Waals surface area contributed by atoms with Gasteiger partial charge in [0.2, 0.25) is 0 Å². The molecule has 0 aromatic heterocycles. The molecule has 0 bridgehead atoms. The summed E-state index contributed by atoms with van der Waals surface area (Å²) >= 11 is 0. The number of hydrogen-bond donors (Lipinski definition) is 1. The lowest BCUT2D eigenvalue weighted by Gasteiger charge is -2.36. The van der Waals surface area contributed by atoms with Crippen LogP contribution in [0.5, 0.6) is 11.5 Å². The minimum atomic E-state index is -1.40. The van der Waals surface area contributed by atoms with Crippen molar-refractivity contribution in [3.05, 3.63) is 59.4 Å². The van der Waals surface area contributed by atoms with Gasteiger partial charge in [0.15, 0.2) is 11.5 Å². The van der Waals surface area contributed by atoms with Crippen molar-refractivity contribution in [1.29, 1.82) is 0 Å². The number of nitrogens with zero attached hydrogens (tertiary/aromatic N) is 1. The zero-order chi connectivity index (χ0) is 24.4. The molecule has 0 saturated carbocycles. The highest BCUT2D eigenvalue weighted by Crippen LogP contribution is 2.45. The first-order chi connectivity index (χ1) is 15.5. The fourth-order valence-electron chi connectivity index (χ4n) is 3.96. The molecule has 8 heteroatoms. The Labute approximate surface area is 193 Å². The highest BCUT2D eigenvalue weighted by Gasteiger charge is 2.52. The van der Waals surface area contributed by atoms with Crippen LogP contribution in [0.2, 0.25) is 0 Å². The summed E-state index contributed by atoms with van der Waals surface area (Å²) in [5.41, 5.74) is -1.07. The molecule has 2 atom stereocenters. The normalized spacial score (nSPS) is 20.4. The Bertz CT molecular complexity index is 1030. The third kappa shape index (κ3) is 5.21. The lowest BCUT2D eigenvalue weighted by Crippen LogP contribution is -2.52. The molecule has 3 rings (SSSR count). The summed E-state index contributed by atoms with van der Waals surface area (Å²) in [5, 5.41) is 9.88. The summed E-state index contributed by atoms with van der Waals surface area (Å²) in [7, 11) is 1.48. The number of carboxylic acids is 1. The van der Waals surface area contributed by atoms with Crippen molar-refractivity contribution in [1.82, 2.24) is 4.90 Å². The van der Waals surface area contributed by atoms with E-state index < -0.39 is 29.2 Å². The highest BCUT2D eigenvalue weighted by molar-refractivity contribution is 5.85. The standard InChI is InChI=1S/C25H30FNO6/c1-24(2,3)33-23(30)27-19(12-13-25(27,4)22(28)29)16-10-11-20(21(14-16)31-5)32-15-17-8-6-7-9-18(17)26/h6-11,14,19H,12-13,15H2,1-5H3,(H,28,29)/t19?,25-/m0/s1. The Kier molecular flexibility index (Phi) is 6.86. The molecule has 2 aromatic rings. The zero-order valence-corrected chi connectivity index (χ0v) is 19.6. The first-order valence-corrected chi connectivity index (χ1v) is 10.8. The molecule has 178 valence electrons. The van der Waals surface area contributed by atoms with Gasteiger partial charge in [-0.3, -0.25) is 4.90 Å². The van der Waals surface area contributed by atoms with Gasteiger partial charge in [-0.15, -0.1) is 0 Å². The molecular formula is C25H30FNO6. The molecular weight excluding hydrogens is 429 g/mol. The zero-order valence-electron chi connectivity index (χ0n) is 19.6. The summed E-state index contributed by atoms with van der Waals surface area (Å²) in [4.78, 5) is 26.4. The quantitative estimate of drug-likeness (QED) is 0.629. The molecule has 1 saturated heterocycles. The fourth-order valence-corrected chi connectivity index (χ4v) is 3.96. The van der Waals surface area contributed by atoms with Crippen LogP contribution in [0.1, 0.15) is 57.7 Å². The maximum atomic E-state index is 13.9. The molecule has 1 unspecified atom stereocenters. The Morgan fingerprint density at radius 1 is 1.18 bits per heavy atom. The average molecular weight is 460 g/mol. The van der Waals surface area contributed by atoms with E-state index in [0.29, 0.717) is 29.0 Å². The van der Waals surface area contributed by atoms with Gasteiger partial charge in [-0.1, -0.05) is 24.3 Å². The lowest BCUT2D eigenvalue weighted by molar-refractivity contribution is -0.149. The van der Waals surface area contributed by atoms with Crippen molar-refractivity contribution in [3.63, 3.8) is 0 Å². The number of likely N-dealkylation sites (tertiary alicyclic amines) is 1. The van der Waals surface area contributed by atoms with Gasteiger partial charge in [-0.05, 0) is 64.3 Å². The maximum absolute atomic E-state index is 13.9. The van der Waals surface area contributed by atoms with Gasteiger partial charge >= 0.3 is 12.1 Å². The molecule has 0 aliphatic carbocycles. The number of methoxy groups -OCH3 is 1. The average Bonchev–Trinajstić information content (AvgIpc) is 3.11. The number of ether oxygens (including phenoxy) is 3. The Morgan fingerprint density at radius 2 is 1.88 bits per heavy atom. The Hall–Kier alpha value is -3.29. The summed E-state index contributed by atoms with van der Waals surface area (Å²) < 4.78 is 30.7. The van der Waals surface area contributed by atoms with E-state index in [1.807, 2.05) is 0 Å². The predicted octanol–water partition coefficient (Wildman–Crippen LogP) is 5.33. The molecule has 0 radical (unpaired) electrons. The van der Waals surface area contributed by atoms with Crippen molar-refractivity contribution in [2.24, 2.45) is 0 Å². The van der Waals surface area contributed by atoms with Crippen LogP contribution in [0.25, 0.3) is 0 Å². The van der Waals surface area contributed by atoms with Gasteiger partial charge in [-0.2, -0.15) is 0 Å². The molecule has 1 N–H and O–H groups in total. The largest absolute Gasteiger partial charge is 0.493 e. The second-order valence-electron chi connectivity index (χ2n) is 9.27. The topological polar surface area (TPSA) is 85.3 Å². The van der Waals surface area contributed by atoms with E-state index in [1.54, 1.807) is 57.2 Å². The van der Waals surface area contributed by atoms with Crippen LogP contribution in [-0.2, 0) is 16.1 Å². The number of carbonyl (C=O) groups is 2. The minimum Gasteiger partial charge on any atom is -0.493 e. The molecule has 33 heavy (non-hydrogen) atoms. The maximum Gasteiger partial charge on any atom is 0.411 e. The van der Waals surface area contributed by atoms with Crippen LogP contribution in [0.15, 0.2) is 42.5 Å². The van der Waals surface area contributed by atoms with Crippen molar-refractivity contribution in [3.8, 4) is 11.5 Å². The molecule has 7 nitrogen and oxygen atoms in total. The van der Waals surface area contributed by atoms with Gasteiger partial charge in [-0.25, -0.2) is 14.0 Å². The molecule has 1 fully saturated rings. The smallest absolute Gasteiger partial charge is 0.411 e. The molecule has 1 aliphatic heterocycles. The van der Waals surface area contributed by atoms with Crippen LogP contribution < -0.4 is 9.47 Å². The van der Waals surface area contributed by atoms with Crippen molar-refractivity contribution in [2.45, 2.75) is 64.3 Å². The number of aliphatic carboxylic acids is 1. The van der Waals surface area contributed by atoms with Gasteiger partial charge in [0.05, 0.1) is 13.2 Å². The number of halogens is 1. The molecule has 1 amide bonds. The molecule has 2 aromatic carbocycles. The van der Waals surface area contributed by atoms with Gasteiger partial charge in [0, 0.05) is 5.56 Å². The number of carbonyl (C=O) groups excluding carboxylic acids is 1. The van der Waals surface area contributed by atoms with Crippen LogP contribution >= 0.6 is 0 Å². The van der Waals surface area contributed by atoms with E-state index in [9.17, 15) is 19.1 Å². The van der Waals surface area contributed by atoms with E-state index in [1.165, 1.54) is 25.0 Å². The Balaban J connectivity index is 1.89. The third-order valence-corrected chi connectivity index (χ3v) is 5.71. The van der Waals surface area contributed by atoms with Gasteiger partial charge in [0.25, 0.3) is 0 Å².